The van der Waals surface area contributed by atoms with Gasteiger partial charge in [-0.3, -0.25) is 9.59 Å². The molecule has 0 aromatic heterocycles. The predicted octanol–water partition coefficient (Wildman–Crippen LogP) is 1.70. The molecular weight excluding hydrogens is 266 g/mol. The number of benzene rings is 1. The first-order chi connectivity index (χ1) is 10.0. The van der Waals surface area contributed by atoms with Crippen LogP contribution in [0.5, 0.6) is 0 Å². The highest BCUT2D eigenvalue weighted by atomic mass is 16.2. The summed E-state index contributed by atoms with van der Waals surface area (Å²) in [7, 11) is 3.43. The van der Waals surface area contributed by atoms with Crippen LogP contribution < -0.4 is 11.1 Å². The molecule has 2 amide bonds. The maximum Gasteiger partial charge on any atom is 0.253 e. The third-order valence-corrected chi connectivity index (χ3v) is 4.10. The Bertz CT molecular complexity index is 511. The van der Waals surface area contributed by atoms with Gasteiger partial charge in [-0.25, -0.2) is 0 Å². The molecule has 114 valence electrons. The van der Waals surface area contributed by atoms with Crippen molar-refractivity contribution in [1.82, 2.24) is 4.90 Å². The van der Waals surface area contributed by atoms with Crippen LogP contribution in [-0.2, 0) is 4.79 Å². The average molecular weight is 289 g/mol. The Hall–Kier alpha value is -1.88. The van der Waals surface area contributed by atoms with Crippen LogP contribution in [0.3, 0.4) is 0 Å². The van der Waals surface area contributed by atoms with E-state index in [0.717, 1.165) is 24.9 Å². The quantitative estimate of drug-likeness (QED) is 0.886. The number of carbonyl (C=O) groups excluding carboxylic acids is 2. The van der Waals surface area contributed by atoms with Gasteiger partial charge >= 0.3 is 0 Å². The topological polar surface area (TPSA) is 75.4 Å². The molecule has 0 bridgehead atoms. The number of amides is 2. The summed E-state index contributed by atoms with van der Waals surface area (Å²) < 4.78 is 0. The molecule has 2 atom stereocenters. The highest BCUT2D eigenvalue weighted by molar-refractivity contribution is 5.96. The molecule has 21 heavy (non-hydrogen) atoms. The fourth-order valence-corrected chi connectivity index (χ4v) is 2.85. The normalized spacial score (nSPS) is 21.1. The molecule has 5 nitrogen and oxygen atoms in total. The Morgan fingerprint density at radius 1 is 1.24 bits per heavy atom. The first-order valence-electron chi connectivity index (χ1n) is 7.35. The minimum absolute atomic E-state index is 0.0121. The van der Waals surface area contributed by atoms with Crippen molar-refractivity contribution in [2.45, 2.75) is 19.3 Å². The lowest BCUT2D eigenvalue weighted by Gasteiger charge is -2.17. The van der Waals surface area contributed by atoms with Gasteiger partial charge in [0.15, 0.2) is 0 Å². The molecule has 0 aliphatic heterocycles. The Morgan fingerprint density at radius 2 is 1.90 bits per heavy atom. The van der Waals surface area contributed by atoms with Gasteiger partial charge in [0.25, 0.3) is 5.91 Å². The van der Waals surface area contributed by atoms with E-state index in [-0.39, 0.29) is 17.7 Å². The summed E-state index contributed by atoms with van der Waals surface area (Å²) in [6.07, 6.45) is 3.01. The fourth-order valence-electron chi connectivity index (χ4n) is 2.85. The van der Waals surface area contributed by atoms with Crippen molar-refractivity contribution < 1.29 is 9.59 Å². The molecule has 0 radical (unpaired) electrons. The van der Waals surface area contributed by atoms with Crippen LogP contribution >= 0.6 is 0 Å². The van der Waals surface area contributed by atoms with Gasteiger partial charge in [0, 0.05) is 31.3 Å². The molecule has 1 aliphatic rings. The fraction of sp³-hybridized carbons (Fsp3) is 0.500. The van der Waals surface area contributed by atoms with E-state index in [0.29, 0.717) is 18.0 Å². The van der Waals surface area contributed by atoms with E-state index in [1.807, 2.05) is 0 Å². The number of nitrogens with one attached hydrogen (secondary N) is 1. The summed E-state index contributed by atoms with van der Waals surface area (Å²) in [4.78, 5) is 25.6. The molecule has 0 saturated heterocycles. The second-order valence-electron chi connectivity index (χ2n) is 5.80. The molecule has 5 heteroatoms. The van der Waals surface area contributed by atoms with Gasteiger partial charge in [-0.2, -0.15) is 0 Å². The number of carbonyl (C=O) groups is 2. The lowest BCUT2D eigenvalue weighted by atomic mass is 9.95. The highest BCUT2D eigenvalue weighted by Crippen LogP contribution is 2.31. The number of nitrogens with two attached hydrogens (primary N) is 1. The molecule has 3 N–H and O–H groups in total. The van der Waals surface area contributed by atoms with Crippen LogP contribution in [0.15, 0.2) is 24.3 Å². The second-order valence-corrected chi connectivity index (χ2v) is 5.80. The maximum atomic E-state index is 12.3. The first kappa shape index (κ1) is 15.5. The summed E-state index contributed by atoms with van der Waals surface area (Å²) in [5.74, 6) is 0.291. The van der Waals surface area contributed by atoms with Gasteiger partial charge in [0.2, 0.25) is 5.91 Å². The molecule has 2 unspecified atom stereocenters. The minimum atomic E-state index is -0.0492. The third kappa shape index (κ3) is 3.61. The second kappa shape index (κ2) is 6.72. The van der Waals surface area contributed by atoms with Crippen molar-refractivity contribution in [2.75, 3.05) is 26.0 Å². The number of nitrogens with zero attached hydrogens (tertiary/aromatic N) is 1. The van der Waals surface area contributed by atoms with E-state index in [9.17, 15) is 9.59 Å². The molecule has 1 aromatic carbocycles. The van der Waals surface area contributed by atoms with Gasteiger partial charge in [-0.05, 0) is 49.6 Å². The lowest BCUT2D eigenvalue weighted by molar-refractivity contribution is -0.120. The van der Waals surface area contributed by atoms with E-state index in [4.69, 9.17) is 5.73 Å². The zero-order valence-corrected chi connectivity index (χ0v) is 12.6. The zero-order valence-electron chi connectivity index (χ0n) is 12.6. The van der Waals surface area contributed by atoms with Crippen molar-refractivity contribution in [3.8, 4) is 0 Å². The van der Waals surface area contributed by atoms with Crippen molar-refractivity contribution in [3.05, 3.63) is 29.8 Å². The number of rotatable bonds is 4. The Morgan fingerprint density at radius 3 is 2.48 bits per heavy atom. The SMILES string of the molecule is CN(C)C(=O)c1ccc(NC(=O)C2CCCC2CN)cc1. The zero-order chi connectivity index (χ0) is 15.4. The molecule has 2 rings (SSSR count). The maximum absolute atomic E-state index is 12.3. The molecule has 1 saturated carbocycles. The van der Waals surface area contributed by atoms with E-state index in [1.54, 1.807) is 38.4 Å². The van der Waals surface area contributed by atoms with Crippen LogP contribution in [-0.4, -0.2) is 37.4 Å². The van der Waals surface area contributed by atoms with Crippen molar-refractivity contribution in [2.24, 2.45) is 17.6 Å². The van der Waals surface area contributed by atoms with E-state index in [2.05, 4.69) is 5.32 Å². The van der Waals surface area contributed by atoms with Crippen molar-refractivity contribution in [1.29, 1.82) is 0 Å². The van der Waals surface area contributed by atoms with Gasteiger partial charge in [0.1, 0.15) is 0 Å². The van der Waals surface area contributed by atoms with Gasteiger partial charge in [-0.1, -0.05) is 6.42 Å². The minimum Gasteiger partial charge on any atom is -0.345 e. The Kier molecular flexibility index (Phi) is 4.96. The number of anilines is 1. The summed E-state index contributed by atoms with van der Waals surface area (Å²) in [6.45, 7) is 0.564. The van der Waals surface area contributed by atoms with Crippen LogP contribution in [0.1, 0.15) is 29.6 Å². The Labute approximate surface area is 125 Å². The summed E-state index contributed by atoms with van der Waals surface area (Å²) in [6, 6.07) is 6.99. The summed E-state index contributed by atoms with van der Waals surface area (Å²) in [5.41, 5.74) is 7.04. The highest BCUT2D eigenvalue weighted by Gasteiger charge is 2.31. The van der Waals surface area contributed by atoms with E-state index >= 15 is 0 Å². The molecule has 1 aliphatic carbocycles. The van der Waals surface area contributed by atoms with Crippen molar-refractivity contribution in [3.63, 3.8) is 0 Å². The number of hydrogen-bond donors (Lipinski definition) is 2. The Balaban J connectivity index is 2.00. The van der Waals surface area contributed by atoms with Gasteiger partial charge < -0.3 is 16.0 Å². The molecular formula is C16H23N3O2. The number of hydrogen-bond acceptors (Lipinski definition) is 3. The van der Waals surface area contributed by atoms with Gasteiger partial charge in [0.05, 0.1) is 0 Å². The standard InChI is InChI=1S/C16H23N3O2/c1-19(2)16(21)11-6-8-13(9-7-11)18-15(20)14-5-3-4-12(14)10-17/h6-9,12,14H,3-5,10,17H2,1-2H3,(H,18,20). The van der Waals surface area contributed by atoms with E-state index in [1.165, 1.54) is 4.90 Å². The first-order valence-corrected chi connectivity index (χ1v) is 7.35. The largest absolute Gasteiger partial charge is 0.345 e. The predicted molar refractivity (Wildman–Crippen MR) is 83.0 cm³/mol. The van der Waals surface area contributed by atoms with Crippen LogP contribution in [0.4, 0.5) is 5.69 Å². The molecule has 0 spiro atoms. The monoisotopic (exact) mass is 289 g/mol. The third-order valence-electron chi connectivity index (χ3n) is 4.10. The van der Waals surface area contributed by atoms with E-state index < -0.39 is 0 Å². The summed E-state index contributed by atoms with van der Waals surface area (Å²) in [5, 5.41) is 2.92. The van der Waals surface area contributed by atoms with Crippen LogP contribution in [0.25, 0.3) is 0 Å². The molecule has 0 heterocycles. The average Bonchev–Trinajstić information content (AvgIpc) is 2.95. The van der Waals surface area contributed by atoms with Crippen molar-refractivity contribution >= 4 is 17.5 Å². The molecule has 1 fully saturated rings. The smallest absolute Gasteiger partial charge is 0.253 e. The van der Waals surface area contributed by atoms with Crippen LogP contribution in [0.2, 0.25) is 0 Å². The lowest BCUT2D eigenvalue weighted by Crippen LogP contribution is -2.29. The van der Waals surface area contributed by atoms with Gasteiger partial charge in [-0.15, -0.1) is 0 Å². The summed E-state index contributed by atoms with van der Waals surface area (Å²) >= 11 is 0. The van der Waals surface area contributed by atoms with Crippen LogP contribution in [0, 0.1) is 11.8 Å². The molecule has 1 aromatic rings.